The Balaban J connectivity index is 1.98. The summed E-state index contributed by atoms with van der Waals surface area (Å²) in [5.41, 5.74) is 8.75. The molecule has 0 amide bonds. The summed E-state index contributed by atoms with van der Waals surface area (Å²) in [6.07, 6.45) is 1.98. The first-order chi connectivity index (χ1) is 8.16. The normalized spacial score (nSPS) is 12.6. The molecule has 0 fully saturated rings. The summed E-state index contributed by atoms with van der Waals surface area (Å²) in [6, 6.07) is 12.7. The number of hydrogen-bond acceptors (Lipinski definition) is 2. The third kappa shape index (κ3) is 3.65. The van der Waals surface area contributed by atoms with Crippen LogP contribution in [0.3, 0.4) is 0 Å². The summed E-state index contributed by atoms with van der Waals surface area (Å²) in [4.78, 5) is 0. The van der Waals surface area contributed by atoms with Crippen LogP contribution >= 0.6 is 43.2 Å². The number of nitrogens with two attached hydrogens (primary N) is 1. The van der Waals surface area contributed by atoms with Crippen LogP contribution in [0.4, 0.5) is 0 Å². The van der Waals surface area contributed by atoms with E-state index in [1.165, 1.54) is 11.1 Å². The SMILES string of the molecule is NC(CCc1ccccc1)c1cc(Br)sc1Br. The highest BCUT2D eigenvalue weighted by atomic mass is 79.9. The molecule has 2 N–H and O–H groups in total. The molecule has 2 rings (SSSR count). The van der Waals surface area contributed by atoms with E-state index in [0.29, 0.717) is 0 Å². The van der Waals surface area contributed by atoms with Gasteiger partial charge in [-0.05, 0) is 61.9 Å². The molecule has 1 unspecified atom stereocenters. The first-order valence-corrected chi connectivity index (χ1v) is 7.81. The van der Waals surface area contributed by atoms with Crippen molar-refractivity contribution in [3.63, 3.8) is 0 Å². The monoisotopic (exact) mass is 373 g/mol. The Morgan fingerprint density at radius 1 is 1.18 bits per heavy atom. The van der Waals surface area contributed by atoms with Gasteiger partial charge < -0.3 is 5.73 Å². The van der Waals surface area contributed by atoms with Crippen LogP contribution < -0.4 is 5.73 Å². The fourth-order valence-electron chi connectivity index (χ4n) is 1.73. The van der Waals surface area contributed by atoms with Crippen LogP contribution in [0, 0.1) is 0 Å². The van der Waals surface area contributed by atoms with Gasteiger partial charge in [0.15, 0.2) is 0 Å². The van der Waals surface area contributed by atoms with Crippen molar-refractivity contribution in [2.75, 3.05) is 0 Å². The molecule has 2 aromatic rings. The first-order valence-electron chi connectivity index (χ1n) is 5.41. The van der Waals surface area contributed by atoms with E-state index in [2.05, 4.69) is 62.2 Å². The van der Waals surface area contributed by atoms with E-state index in [1.54, 1.807) is 11.3 Å². The van der Waals surface area contributed by atoms with Gasteiger partial charge in [-0.15, -0.1) is 11.3 Å². The molecule has 1 aromatic carbocycles. The standard InChI is InChI=1S/C13H13Br2NS/c14-12-8-10(13(15)17-12)11(16)7-6-9-4-2-1-3-5-9/h1-5,8,11H,6-7,16H2. The Kier molecular flexibility index (Phi) is 4.79. The van der Waals surface area contributed by atoms with Gasteiger partial charge in [-0.3, -0.25) is 0 Å². The molecule has 0 saturated heterocycles. The Hall–Kier alpha value is -0.160. The Bertz CT molecular complexity index is 481. The fraction of sp³-hybridized carbons (Fsp3) is 0.231. The molecule has 4 heteroatoms. The highest BCUT2D eigenvalue weighted by molar-refractivity contribution is 9.12. The molecule has 0 spiro atoms. The van der Waals surface area contributed by atoms with Crippen LogP contribution in [0.2, 0.25) is 0 Å². The summed E-state index contributed by atoms with van der Waals surface area (Å²) in [5.74, 6) is 0. The maximum atomic E-state index is 6.21. The van der Waals surface area contributed by atoms with Gasteiger partial charge in [0.25, 0.3) is 0 Å². The van der Waals surface area contributed by atoms with Crippen molar-refractivity contribution in [1.29, 1.82) is 0 Å². The van der Waals surface area contributed by atoms with Crippen LogP contribution in [0.1, 0.15) is 23.6 Å². The highest BCUT2D eigenvalue weighted by Gasteiger charge is 2.13. The minimum atomic E-state index is 0.0899. The minimum absolute atomic E-state index is 0.0899. The quantitative estimate of drug-likeness (QED) is 0.808. The first kappa shape index (κ1) is 13.3. The second kappa shape index (κ2) is 6.14. The van der Waals surface area contributed by atoms with Crippen molar-refractivity contribution in [1.82, 2.24) is 0 Å². The molecular formula is C13H13Br2NS. The van der Waals surface area contributed by atoms with Crippen LogP contribution in [0.5, 0.6) is 0 Å². The van der Waals surface area contributed by atoms with E-state index in [1.807, 2.05) is 6.07 Å². The lowest BCUT2D eigenvalue weighted by Crippen LogP contribution is -2.10. The maximum absolute atomic E-state index is 6.21. The van der Waals surface area contributed by atoms with Gasteiger partial charge in [-0.2, -0.15) is 0 Å². The highest BCUT2D eigenvalue weighted by Crippen LogP contribution is 2.35. The molecule has 1 heterocycles. The van der Waals surface area contributed by atoms with Crippen LogP contribution in [-0.2, 0) is 6.42 Å². The van der Waals surface area contributed by atoms with Crippen molar-refractivity contribution in [3.05, 3.63) is 55.1 Å². The van der Waals surface area contributed by atoms with Crippen molar-refractivity contribution in [2.45, 2.75) is 18.9 Å². The molecule has 1 atom stereocenters. The molecule has 0 aliphatic carbocycles. The molecule has 90 valence electrons. The zero-order valence-corrected chi connectivity index (χ0v) is 13.2. The lowest BCUT2D eigenvalue weighted by molar-refractivity contribution is 0.651. The smallest absolute Gasteiger partial charge is 0.0758 e. The number of rotatable bonds is 4. The van der Waals surface area contributed by atoms with Crippen molar-refractivity contribution in [3.8, 4) is 0 Å². The molecule has 17 heavy (non-hydrogen) atoms. The van der Waals surface area contributed by atoms with Gasteiger partial charge in [0.05, 0.1) is 7.57 Å². The number of thiophene rings is 1. The third-order valence-corrected chi connectivity index (χ3v) is 5.06. The van der Waals surface area contributed by atoms with E-state index in [4.69, 9.17) is 5.73 Å². The van der Waals surface area contributed by atoms with Gasteiger partial charge >= 0.3 is 0 Å². The predicted octanol–water partition coefficient (Wildman–Crippen LogP) is 4.91. The number of hydrogen-bond donors (Lipinski definition) is 1. The number of aryl methyl sites for hydroxylation is 1. The van der Waals surface area contributed by atoms with E-state index in [0.717, 1.165) is 20.4 Å². The maximum Gasteiger partial charge on any atom is 0.0758 e. The fourth-order valence-corrected chi connectivity index (χ4v) is 4.73. The molecule has 1 aromatic heterocycles. The minimum Gasteiger partial charge on any atom is -0.324 e. The number of halogens is 2. The van der Waals surface area contributed by atoms with E-state index in [-0.39, 0.29) is 6.04 Å². The van der Waals surface area contributed by atoms with Gasteiger partial charge in [0.2, 0.25) is 0 Å². The average Bonchev–Trinajstić information content (AvgIpc) is 2.67. The van der Waals surface area contributed by atoms with Crippen LogP contribution in [0.25, 0.3) is 0 Å². The van der Waals surface area contributed by atoms with E-state index in [9.17, 15) is 0 Å². The molecule has 0 aliphatic rings. The topological polar surface area (TPSA) is 26.0 Å². The van der Waals surface area contributed by atoms with Crippen LogP contribution in [-0.4, -0.2) is 0 Å². The Morgan fingerprint density at radius 2 is 1.88 bits per heavy atom. The lowest BCUT2D eigenvalue weighted by atomic mass is 10.0. The Morgan fingerprint density at radius 3 is 2.47 bits per heavy atom. The summed E-state index contributed by atoms with van der Waals surface area (Å²) in [5, 5.41) is 0. The Labute approximate surface area is 122 Å². The third-order valence-electron chi connectivity index (χ3n) is 2.67. The molecule has 1 nitrogen and oxygen atoms in total. The summed E-state index contributed by atoms with van der Waals surface area (Å²) in [7, 11) is 0. The molecular weight excluding hydrogens is 362 g/mol. The molecule has 0 aliphatic heterocycles. The summed E-state index contributed by atoms with van der Waals surface area (Å²) >= 11 is 8.71. The van der Waals surface area contributed by atoms with Crippen molar-refractivity contribution >= 4 is 43.2 Å². The summed E-state index contributed by atoms with van der Waals surface area (Å²) in [6.45, 7) is 0. The van der Waals surface area contributed by atoms with Gasteiger partial charge in [0, 0.05) is 6.04 Å². The van der Waals surface area contributed by atoms with Crippen LogP contribution in [0.15, 0.2) is 44.0 Å². The zero-order valence-electron chi connectivity index (χ0n) is 9.20. The largest absolute Gasteiger partial charge is 0.324 e. The van der Waals surface area contributed by atoms with Gasteiger partial charge in [-0.25, -0.2) is 0 Å². The number of benzene rings is 1. The lowest BCUT2D eigenvalue weighted by Gasteiger charge is -2.10. The average molecular weight is 375 g/mol. The summed E-state index contributed by atoms with van der Waals surface area (Å²) < 4.78 is 2.25. The van der Waals surface area contributed by atoms with E-state index < -0.39 is 0 Å². The van der Waals surface area contributed by atoms with Crippen molar-refractivity contribution in [2.24, 2.45) is 5.73 Å². The molecule has 0 radical (unpaired) electrons. The second-order valence-corrected chi connectivity index (χ2v) is 7.66. The molecule has 0 saturated carbocycles. The second-order valence-electron chi connectivity index (χ2n) is 3.91. The predicted molar refractivity (Wildman–Crippen MR) is 81.4 cm³/mol. The van der Waals surface area contributed by atoms with E-state index >= 15 is 0 Å². The zero-order chi connectivity index (χ0) is 12.3. The molecule has 0 bridgehead atoms. The van der Waals surface area contributed by atoms with Gasteiger partial charge in [-0.1, -0.05) is 30.3 Å². The van der Waals surface area contributed by atoms with Crippen molar-refractivity contribution < 1.29 is 0 Å². The van der Waals surface area contributed by atoms with Gasteiger partial charge in [0.1, 0.15) is 0 Å².